The van der Waals surface area contributed by atoms with Crippen molar-refractivity contribution in [1.82, 2.24) is 0 Å². The van der Waals surface area contributed by atoms with Crippen molar-refractivity contribution >= 4 is 11.8 Å². The van der Waals surface area contributed by atoms with Crippen molar-refractivity contribution in [2.24, 2.45) is 0 Å². The first kappa shape index (κ1) is 21.6. The normalized spacial score (nSPS) is 18.1. The first-order valence-corrected chi connectivity index (χ1v) is 10.8. The molecule has 4 nitrogen and oxygen atoms in total. The molecule has 0 bridgehead atoms. The smallest absolute Gasteiger partial charge is 0.346 e. The van der Waals surface area contributed by atoms with Gasteiger partial charge in [0.15, 0.2) is 17.1 Å². The summed E-state index contributed by atoms with van der Waals surface area (Å²) in [6.07, 6.45) is 1.08. The molecule has 0 spiro atoms. The molecule has 1 aliphatic heterocycles. The van der Waals surface area contributed by atoms with Crippen LogP contribution in [0.5, 0.6) is 0 Å². The molecule has 0 aromatic heterocycles. The number of ether oxygens (including phenoxy) is 1. The number of carbonyl (C=O) groups excluding carboxylic acids is 2. The Hall–Kier alpha value is -3.66. The summed E-state index contributed by atoms with van der Waals surface area (Å²) >= 11 is 0. The Morgan fingerprint density at radius 2 is 1.38 bits per heavy atom. The highest BCUT2D eigenvalue weighted by Crippen LogP contribution is 2.37. The lowest BCUT2D eigenvalue weighted by molar-refractivity contribution is -0.147. The van der Waals surface area contributed by atoms with Crippen LogP contribution in [0.3, 0.4) is 0 Å². The van der Waals surface area contributed by atoms with Gasteiger partial charge >= 0.3 is 5.97 Å². The Balaban J connectivity index is 1.58. The second kappa shape index (κ2) is 9.23. The number of benzene rings is 3. The van der Waals surface area contributed by atoms with Crippen molar-refractivity contribution < 1.29 is 19.4 Å². The Kier molecular flexibility index (Phi) is 6.22. The molecule has 0 amide bonds. The zero-order chi connectivity index (χ0) is 22.6. The Morgan fingerprint density at radius 3 is 1.91 bits per heavy atom. The molecule has 0 saturated heterocycles. The van der Waals surface area contributed by atoms with Gasteiger partial charge in [-0.25, -0.2) is 4.79 Å². The van der Waals surface area contributed by atoms with Gasteiger partial charge in [0.1, 0.15) is 5.57 Å². The van der Waals surface area contributed by atoms with Crippen molar-refractivity contribution in [3.05, 3.63) is 119 Å². The zero-order valence-electron chi connectivity index (χ0n) is 18.0. The fourth-order valence-corrected chi connectivity index (χ4v) is 4.19. The van der Waals surface area contributed by atoms with Gasteiger partial charge in [0.05, 0.1) is 0 Å². The maximum Gasteiger partial charge on any atom is 0.346 e. The highest BCUT2D eigenvalue weighted by Gasteiger charge is 2.47. The first-order valence-electron chi connectivity index (χ1n) is 10.8. The minimum Gasteiger partial charge on any atom is -0.507 e. The van der Waals surface area contributed by atoms with Crippen LogP contribution in [0.15, 0.2) is 102 Å². The van der Waals surface area contributed by atoms with E-state index in [0.29, 0.717) is 12.8 Å². The predicted molar refractivity (Wildman–Crippen MR) is 123 cm³/mol. The molecule has 0 fully saturated rings. The second-order valence-corrected chi connectivity index (χ2v) is 8.33. The Labute approximate surface area is 188 Å². The Morgan fingerprint density at radius 1 is 0.875 bits per heavy atom. The van der Waals surface area contributed by atoms with Gasteiger partial charge in [0.2, 0.25) is 0 Å². The van der Waals surface area contributed by atoms with Crippen LogP contribution < -0.4 is 0 Å². The van der Waals surface area contributed by atoms with Crippen LogP contribution in [-0.4, -0.2) is 22.5 Å². The number of Topliss-reactive ketones (excluding diaryl/α,β-unsaturated/α-hetero) is 1. The molecule has 1 unspecified atom stereocenters. The number of rotatable bonds is 8. The van der Waals surface area contributed by atoms with E-state index in [1.165, 1.54) is 0 Å². The van der Waals surface area contributed by atoms with Crippen molar-refractivity contribution in [3.8, 4) is 0 Å². The second-order valence-electron chi connectivity index (χ2n) is 8.33. The topological polar surface area (TPSA) is 63.6 Å². The van der Waals surface area contributed by atoms with E-state index in [2.05, 4.69) is 0 Å². The van der Waals surface area contributed by atoms with E-state index in [4.69, 9.17) is 4.74 Å². The minimum atomic E-state index is -1.20. The van der Waals surface area contributed by atoms with E-state index in [0.717, 1.165) is 16.7 Å². The number of hydrogen-bond donors (Lipinski definition) is 1. The maximum absolute atomic E-state index is 13.3. The fraction of sp³-hybridized carbons (Fsp3) is 0.214. The molecule has 32 heavy (non-hydrogen) atoms. The minimum absolute atomic E-state index is 0.0668. The van der Waals surface area contributed by atoms with Crippen LogP contribution in [0.2, 0.25) is 0 Å². The van der Waals surface area contributed by atoms with Gasteiger partial charge in [0, 0.05) is 12.3 Å². The van der Waals surface area contributed by atoms with Crippen LogP contribution in [0.1, 0.15) is 42.4 Å². The molecule has 162 valence electrons. The highest BCUT2D eigenvalue weighted by atomic mass is 16.6. The van der Waals surface area contributed by atoms with E-state index in [1.54, 1.807) is 6.92 Å². The van der Waals surface area contributed by atoms with Crippen LogP contribution >= 0.6 is 0 Å². The molecule has 0 aliphatic carbocycles. The third kappa shape index (κ3) is 4.50. The van der Waals surface area contributed by atoms with Crippen LogP contribution in [0.25, 0.3) is 0 Å². The zero-order valence-corrected chi connectivity index (χ0v) is 18.0. The molecule has 0 radical (unpaired) electrons. The number of carbonyl (C=O) groups is 2. The average molecular weight is 427 g/mol. The van der Waals surface area contributed by atoms with E-state index in [1.807, 2.05) is 91.0 Å². The average Bonchev–Trinajstić information content (AvgIpc) is 3.06. The van der Waals surface area contributed by atoms with Gasteiger partial charge < -0.3 is 9.84 Å². The molecule has 4 heteroatoms. The highest BCUT2D eigenvalue weighted by molar-refractivity contribution is 6.19. The fourth-order valence-electron chi connectivity index (χ4n) is 4.19. The number of hydrogen-bond acceptors (Lipinski definition) is 4. The van der Waals surface area contributed by atoms with Crippen LogP contribution in [0.4, 0.5) is 0 Å². The van der Waals surface area contributed by atoms with Gasteiger partial charge in [-0.05, 0) is 36.5 Å². The quantitative estimate of drug-likeness (QED) is 0.380. The summed E-state index contributed by atoms with van der Waals surface area (Å²) < 4.78 is 5.53. The summed E-state index contributed by atoms with van der Waals surface area (Å²) in [5, 5.41) is 10.9. The molecule has 1 heterocycles. The van der Waals surface area contributed by atoms with Crippen LogP contribution in [0, 0.1) is 0 Å². The molecule has 3 aromatic rings. The summed E-state index contributed by atoms with van der Waals surface area (Å²) in [5.74, 6) is -1.64. The standard InChI is InChI=1S/C28H26O4/c1-28(18-17-20-11-5-2-6-12-20)26(30)25(27(31)32-28)24(29)19-23(21-13-7-3-8-14-21)22-15-9-4-10-16-22/h2-16,23,30H,17-19H2,1H3. The lowest BCUT2D eigenvalue weighted by atomic mass is 9.85. The van der Waals surface area contributed by atoms with Gasteiger partial charge in [-0.1, -0.05) is 91.0 Å². The van der Waals surface area contributed by atoms with Crippen molar-refractivity contribution in [2.45, 2.75) is 37.7 Å². The third-order valence-electron chi connectivity index (χ3n) is 6.07. The van der Waals surface area contributed by atoms with Crippen molar-refractivity contribution in [3.63, 3.8) is 0 Å². The number of aryl methyl sites for hydroxylation is 1. The summed E-state index contributed by atoms with van der Waals surface area (Å²) in [6, 6.07) is 29.2. The molecule has 4 rings (SSSR count). The summed E-state index contributed by atoms with van der Waals surface area (Å²) in [6.45, 7) is 1.66. The molecular formula is C28H26O4. The monoisotopic (exact) mass is 426 g/mol. The predicted octanol–water partition coefficient (Wildman–Crippen LogP) is 5.54. The van der Waals surface area contributed by atoms with Gasteiger partial charge in [-0.2, -0.15) is 0 Å². The van der Waals surface area contributed by atoms with Crippen molar-refractivity contribution in [1.29, 1.82) is 0 Å². The number of ketones is 1. The SMILES string of the molecule is CC1(CCc2ccccc2)OC(=O)C(C(=O)CC(c2ccccc2)c2ccccc2)=C1O. The molecule has 0 saturated carbocycles. The Bertz CT molecular complexity index is 1080. The molecule has 1 aliphatic rings. The van der Waals surface area contributed by atoms with Crippen LogP contribution in [-0.2, 0) is 20.7 Å². The molecule has 1 N–H and O–H groups in total. The largest absolute Gasteiger partial charge is 0.507 e. The van der Waals surface area contributed by atoms with E-state index in [-0.39, 0.29) is 23.7 Å². The summed E-state index contributed by atoms with van der Waals surface area (Å²) in [7, 11) is 0. The molecule has 1 atom stereocenters. The maximum atomic E-state index is 13.3. The van der Waals surface area contributed by atoms with Gasteiger partial charge in [-0.15, -0.1) is 0 Å². The van der Waals surface area contributed by atoms with E-state index >= 15 is 0 Å². The number of cyclic esters (lactones) is 1. The third-order valence-corrected chi connectivity index (χ3v) is 6.07. The lowest BCUT2D eigenvalue weighted by Gasteiger charge is -2.23. The first-order chi connectivity index (χ1) is 15.5. The van der Waals surface area contributed by atoms with Gasteiger partial charge in [0.25, 0.3) is 0 Å². The molecule has 3 aromatic carbocycles. The number of aliphatic hydroxyl groups is 1. The summed E-state index contributed by atoms with van der Waals surface area (Å²) in [4.78, 5) is 25.9. The van der Waals surface area contributed by atoms with E-state index < -0.39 is 17.4 Å². The number of esters is 1. The number of aliphatic hydroxyl groups excluding tert-OH is 1. The lowest BCUT2D eigenvalue weighted by Crippen LogP contribution is -2.28. The van der Waals surface area contributed by atoms with Crippen molar-refractivity contribution in [2.75, 3.05) is 0 Å². The van der Waals surface area contributed by atoms with Gasteiger partial charge in [-0.3, -0.25) is 4.79 Å². The summed E-state index contributed by atoms with van der Waals surface area (Å²) in [5.41, 5.74) is 1.60. The van der Waals surface area contributed by atoms with E-state index in [9.17, 15) is 14.7 Å². The molecular weight excluding hydrogens is 400 g/mol.